The zero-order valence-corrected chi connectivity index (χ0v) is 15.7. The molecule has 1 atom stereocenters. The number of anilines is 2. The van der Waals surface area contributed by atoms with Crippen molar-refractivity contribution in [1.82, 2.24) is 0 Å². The zero-order valence-electron chi connectivity index (χ0n) is 14.9. The fourth-order valence-corrected chi connectivity index (χ4v) is 2.90. The lowest BCUT2D eigenvalue weighted by Gasteiger charge is -2.18. The topological polar surface area (TPSA) is 84.7 Å². The predicted octanol–water partition coefficient (Wildman–Crippen LogP) is 2.72. The van der Waals surface area contributed by atoms with Crippen LogP contribution in [-0.2, 0) is 9.59 Å². The quantitative estimate of drug-likeness (QED) is 0.765. The second-order valence-corrected chi connectivity index (χ2v) is 6.13. The minimum Gasteiger partial charge on any atom is -0.492 e. The highest BCUT2D eigenvalue weighted by Crippen LogP contribution is 2.30. The molecule has 0 saturated carbocycles. The molecule has 150 valence electrons. The second-order valence-electron chi connectivity index (χ2n) is 6.13. The van der Waals surface area contributed by atoms with Crippen LogP contribution in [0.4, 0.5) is 20.2 Å². The molecular weight excluding hydrogens is 392 g/mol. The van der Waals surface area contributed by atoms with Gasteiger partial charge in [0, 0.05) is 25.2 Å². The third kappa shape index (κ3) is 4.76. The lowest BCUT2D eigenvalue weighted by Crippen LogP contribution is -2.29. The van der Waals surface area contributed by atoms with Gasteiger partial charge in [0.2, 0.25) is 11.8 Å². The third-order valence-corrected chi connectivity index (χ3v) is 4.21. The van der Waals surface area contributed by atoms with Crippen LogP contribution >= 0.6 is 12.4 Å². The number of carbonyl (C=O) groups excluding carboxylic acids is 2. The van der Waals surface area contributed by atoms with Gasteiger partial charge < -0.3 is 20.7 Å². The summed E-state index contributed by atoms with van der Waals surface area (Å²) in [5.41, 5.74) is 5.48. The van der Waals surface area contributed by atoms with Crippen LogP contribution in [0, 0.1) is 17.6 Å². The van der Waals surface area contributed by atoms with Crippen LogP contribution in [0.1, 0.15) is 6.42 Å². The zero-order chi connectivity index (χ0) is 19.4. The maximum absolute atomic E-state index is 13.9. The average molecular weight is 412 g/mol. The molecule has 1 saturated heterocycles. The number of halogens is 3. The highest BCUT2D eigenvalue weighted by atomic mass is 35.5. The summed E-state index contributed by atoms with van der Waals surface area (Å²) in [5.74, 6) is -2.64. The summed E-state index contributed by atoms with van der Waals surface area (Å²) in [6.45, 7) is 0.700. The highest BCUT2D eigenvalue weighted by Gasteiger charge is 2.37. The fraction of sp³-hybridized carbons (Fsp3) is 0.263. The van der Waals surface area contributed by atoms with Crippen LogP contribution in [0.15, 0.2) is 42.5 Å². The number of para-hydroxylation sites is 1. The van der Waals surface area contributed by atoms with E-state index in [1.165, 1.54) is 6.07 Å². The van der Waals surface area contributed by atoms with Crippen molar-refractivity contribution in [3.05, 3.63) is 54.1 Å². The summed E-state index contributed by atoms with van der Waals surface area (Å²) >= 11 is 0. The fourth-order valence-electron chi connectivity index (χ4n) is 2.90. The molecule has 3 N–H and O–H groups in total. The molecule has 0 aliphatic carbocycles. The Balaban J connectivity index is 0.00000280. The second kappa shape index (κ2) is 9.48. The van der Waals surface area contributed by atoms with E-state index in [1.807, 2.05) is 0 Å². The molecule has 1 fully saturated rings. The van der Waals surface area contributed by atoms with Gasteiger partial charge in [-0.15, -0.1) is 12.4 Å². The largest absolute Gasteiger partial charge is 0.492 e. The molecule has 0 aromatic heterocycles. The minimum absolute atomic E-state index is 0. The first kappa shape index (κ1) is 21.6. The van der Waals surface area contributed by atoms with E-state index in [0.29, 0.717) is 24.6 Å². The highest BCUT2D eigenvalue weighted by molar-refractivity contribution is 6.03. The van der Waals surface area contributed by atoms with Gasteiger partial charge in [-0.1, -0.05) is 6.07 Å². The van der Waals surface area contributed by atoms with Gasteiger partial charge in [-0.25, -0.2) is 8.78 Å². The van der Waals surface area contributed by atoms with Crippen molar-refractivity contribution in [3.8, 4) is 5.75 Å². The van der Waals surface area contributed by atoms with Crippen molar-refractivity contribution < 1.29 is 23.1 Å². The van der Waals surface area contributed by atoms with Gasteiger partial charge >= 0.3 is 0 Å². The molecule has 6 nitrogen and oxygen atoms in total. The van der Waals surface area contributed by atoms with Gasteiger partial charge in [0.15, 0.2) is 0 Å². The average Bonchev–Trinajstić information content (AvgIpc) is 3.03. The Labute approximate surface area is 167 Å². The third-order valence-electron chi connectivity index (χ3n) is 4.21. The number of rotatable bonds is 6. The molecule has 1 aliphatic rings. The number of benzene rings is 2. The van der Waals surface area contributed by atoms with E-state index in [0.717, 1.165) is 17.0 Å². The Kier molecular flexibility index (Phi) is 7.31. The van der Waals surface area contributed by atoms with Crippen molar-refractivity contribution in [2.75, 3.05) is 29.9 Å². The maximum atomic E-state index is 13.9. The molecule has 9 heteroatoms. The Morgan fingerprint density at radius 2 is 1.82 bits per heavy atom. The number of hydrogen-bond donors (Lipinski definition) is 2. The normalized spacial score (nSPS) is 15.9. The minimum atomic E-state index is -0.836. The molecule has 0 radical (unpaired) electrons. The van der Waals surface area contributed by atoms with Gasteiger partial charge in [0.1, 0.15) is 29.7 Å². The molecule has 2 aromatic carbocycles. The van der Waals surface area contributed by atoms with Crippen molar-refractivity contribution in [2.45, 2.75) is 6.42 Å². The van der Waals surface area contributed by atoms with Gasteiger partial charge in [-0.3, -0.25) is 9.59 Å². The standard InChI is InChI=1S/C19H19F2N3O3.ClH/c20-15-2-1-3-16(21)18(15)24-11-12(10-17(24)25)19(26)23-13-4-6-14(7-5-13)27-9-8-22;/h1-7,12H,8-11,22H2,(H,23,26);1H. The number of nitrogens with zero attached hydrogens (tertiary/aromatic N) is 1. The Hall–Kier alpha value is -2.71. The molecule has 3 rings (SSSR count). The summed E-state index contributed by atoms with van der Waals surface area (Å²) < 4.78 is 33.2. The molecule has 2 aromatic rings. The van der Waals surface area contributed by atoms with Gasteiger partial charge in [0.05, 0.1) is 5.92 Å². The molecule has 1 heterocycles. The van der Waals surface area contributed by atoms with Crippen molar-refractivity contribution in [3.63, 3.8) is 0 Å². The molecule has 0 spiro atoms. The van der Waals surface area contributed by atoms with Crippen LogP contribution in [0.3, 0.4) is 0 Å². The predicted molar refractivity (Wildman–Crippen MR) is 104 cm³/mol. The van der Waals surface area contributed by atoms with Gasteiger partial charge in [-0.2, -0.15) is 0 Å². The Morgan fingerprint density at radius 3 is 2.43 bits per heavy atom. The monoisotopic (exact) mass is 411 g/mol. The lowest BCUT2D eigenvalue weighted by molar-refractivity contribution is -0.122. The van der Waals surface area contributed by atoms with Crippen LogP contribution < -0.4 is 20.7 Å². The van der Waals surface area contributed by atoms with Crippen molar-refractivity contribution >= 4 is 35.6 Å². The Morgan fingerprint density at radius 1 is 1.18 bits per heavy atom. The first-order chi connectivity index (χ1) is 13.0. The number of hydrogen-bond acceptors (Lipinski definition) is 4. The molecule has 1 unspecified atom stereocenters. The Bertz CT molecular complexity index is 829. The van der Waals surface area contributed by atoms with E-state index in [4.69, 9.17) is 10.5 Å². The van der Waals surface area contributed by atoms with Crippen molar-refractivity contribution in [1.29, 1.82) is 0 Å². The van der Waals surface area contributed by atoms with Crippen LogP contribution in [0.5, 0.6) is 5.75 Å². The van der Waals surface area contributed by atoms with E-state index >= 15 is 0 Å². The van der Waals surface area contributed by atoms with Gasteiger partial charge in [0.25, 0.3) is 0 Å². The van der Waals surface area contributed by atoms with Crippen molar-refractivity contribution in [2.24, 2.45) is 11.7 Å². The van der Waals surface area contributed by atoms with E-state index in [9.17, 15) is 18.4 Å². The van der Waals surface area contributed by atoms with Gasteiger partial charge in [-0.05, 0) is 36.4 Å². The van der Waals surface area contributed by atoms with E-state index in [1.54, 1.807) is 24.3 Å². The van der Waals surface area contributed by atoms with Crippen LogP contribution in [0.2, 0.25) is 0 Å². The maximum Gasteiger partial charge on any atom is 0.229 e. The van der Waals surface area contributed by atoms with Crippen LogP contribution in [0.25, 0.3) is 0 Å². The molecule has 28 heavy (non-hydrogen) atoms. The first-order valence-corrected chi connectivity index (χ1v) is 8.47. The van der Waals surface area contributed by atoms with E-state index in [-0.39, 0.29) is 25.4 Å². The summed E-state index contributed by atoms with van der Waals surface area (Å²) in [6, 6.07) is 10.1. The lowest BCUT2D eigenvalue weighted by atomic mass is 10.1. The summed E-state index contributed by atoms with van der Waals surface area (Å²) in [7, 11) is 0. The summed E-state index contributed by atoms with van der Waals surface area (Å²) in [6.07, 6.45) is -0.114. The molecule has 2 amide bonds. The van der Waals surface area contributed by atoms with E-state index < -0.39 is 35.1 Å². The number of nitrogens with one attached hydrogen (secondary N) is 1. The van der Waals surface area contributed by atoms with E-state index in [2.05, 4.69) is 5.32 Å². The van der Waals surface area contributed by atoms with Crippen LogP contribution in [-0.4, -0.2) is 31.5 Å². The summed E-state index contributed by atoms with van der Waals surface area (Å²) in [5, 5.41) is 2.70. The number of nitrogens with two attached hydrogens (primary N) is 1. The number of amides is 2. The molecule has 1 aliphatic heterocycles. The number of ether oxygens (including phenoxy) is 1. The SMILES string of the molecule is Cl.NCCOc1ccc(NC(=O)C2CC(=O)N(c3c(F)cccc3F)C2)cc1. The molecular formula is C19H20ClF2N3O3. The smallest absolute Gasteiger partial charge is 0.229 e. The number of carbonyl (C=O) groups is 2. The summed E-state index contributed by atoms with van der Waals surface area (Å²) in [4.78, 5) is 25.6. The first-order valence-electron chi connectivity index (χ1n) is 8.47. The molecule has 0 bridgehead atoms.